The lowest BCUT2D eigenvalue weighted by Gasteiger charge is -2.21. The van der Waals surface area contributed by atoms with Crippen LogP contribution in [0.3, 0.4) is 0 Å². The molecule has 152 valence electrons. The summed E-state index contributed by atoms with van der Waals surface area (Å²) in [6, 6.07) is 8.25. The predicted molar refractivity (Wildman–Crippen MR) is 109 cm³/mol. The zero-order valence-corrected chi connectivity index (χ0v) is 16.8. The third-order valence-electron chi connectivity index (χ3n) is 5.03. The summed E-state index contributed by atoms with van der Waals surface area (Å²) in [5.74, 6) is -1.01. The first-order valence-electron chi connectivity index (χ1n) is 9.68. The second-order valence-electron chi connectivity index (χ2n) is 7.41. The summed E-state index contributed by atoms with van der Waals surface area (Å²) < 4.78 is 10.6. The SMILES string of the molecule is Cc1c(C(=O)N[C@H](C(=O)OCCc2ccccn2)C(C)C)ccc2c1B(O)OC2. The Morgan fingerprint density at radius 2 is 2.10 bits per heavy atom. The monoisotopic (exact) mass is 396 g/mol. The first-order chi connectivity index (χ1) is 13.9. The lowest BCUT2D eigenvalue weighted by atomic mass is 9.75. The first kappa shape index (κ1) is 21.0. The minimum absolute atomic E-state index is 0.148. The van der Waals surface area contributed by atoms with Crippen LogP contribution in [0.2, 0.25) is 0 Å². The zero-order valence-electron chi connectivity index (χ0n) is 16.8. The molecule has 1 aromatic heterocycles. The number of amides is 1. The number of pyridine rings is 1. The maximum absolute atomic E-state index is 12.8. The van der Waals surface area contributed by atoms with Gasteiger partial charge >= 0.3 is 13.1 Å². The van der Waals surface area contributed by atoms with Crippen molar-refractivity contribution in [2.24, 2.45) is 5.92 Å². The van der Waals surface area contributed by atoms with Crippen molar-refractivity contribution in [3.05, 3.63) is 58.9 Å². The van der Waals surface area contributed by atoms with E-state index in [1.807, 2.05) is 32.0 Å². The molecule has 1 aliphatic heterocycles. The average Bonchev–Trinajstić information content (AvgIpc) is 3.08. The molecule has 7 nitrogen and oxygen atoms in total. The maximum atomic E-state index is 12.8. The number of hydrogen-bond donors (Lipinski definition) is 2. The number of esters is 1. The van der Waals surface area contributed by atoms with Gasteiger partial charge in [0.25, 0.3) is 5.91 Å². The van der Waals surface area contributed by atoms with Crippen LogP contribution in [0.4, 0.5) is 0 Å². The molecule has 0 spiro atoms. The van der Waals surface area contributed by atoms with Gasteiger partial charge in [0, 0.05) is 23.9 Å². The zero-order chi connectivity index (χ0) is 21.0. The van der Waals surface area contributed by atoms with Crippen LogP contribution >= 0.6 is 0 Å². The van der Waals surface area contributed by atoms with Gasteiger partial charge in [-0.05, 0) is 47.6 Å². The number of fused-ring (bicyclic) bond motifs is 1. The van der Waals surface area contributed by atoms with Gasteiger partial charge in [0.2, 0.25) is 0 Å². The Bertz CT molecular complexity index is 888. The van der Waals surface area contributed by atoms with Gasteiger partial charge in [0.05, 0.1) is 13.2 Å². The molecule has 8 heteroatoms. The summed E-state index contributed by atoms with van der Waals surface area (Å²) in [4.78, 5) is 29.6. The highest BCUT2D eigenvalue weighted by Gasteiger charge is 2.32. The van der Waals surface area contributed by atoms with E-state index in [4.69, 9.17) is 9.39 Å². The van der Waals surface area contributed by atoms with Gasteiger partial charge in [0.15, 0.2) is 0 Å². The van der Waals surface area contributed by atoms with E-state index in [2.05, 4.69) is 10.3 Å². The highest BCUT2D eigenvalue weighted by Crippen LogP contribution is 2.17. The van der Waals surface area contributed by atoms with Crippen LogP contribution in [0.25, 0.3) is 0 Å². The number of nitrogens with one attached hydrogen (secondary N) is 1. The number of rotatable bonds is 7. The lowest BCUT2D eigenvalue weighted by molar-refractivity contribution is -0.147. The van der Waals surface area contributed by atoms with Crippen molar-refractivity contribution in [2.75, 3.05) is 6.61 Å². The minimum atomic E-state index is -1.03. The third-order valence-corrected chi connectivity index (χ3v) is 5.03. The van der Waals surface area contributed by atoms with E-state index in [9.17, 15) is 14.6 Å². The van der Waals surface area contributed by atoms with E-state index < -0.39 is 19.1 Å². The first-order valence-corrected chi connectivity index (χ1v) is 9.68. The highest BCUT2D eigenvalue weighted by atomic mass is 16.5. The van der Waals surface area contributed by atoms with Crippen LogP contribution in [0.1, 0.15) is 41.0 Å². The smallest absolute Gasteiger partial charge is 0.464 e. The number of nitrogens with zero attached hydrogens (tertiary/aromatic N) is 1. The van der Waals surface area contributed by atoms with Gasteiger partial charge in [-0.15, -0.1) is 0 Å². The van der Waals surface area contributed by atoms with Gasteiger partial charge < -0.3 is 19.7 Å². The minimum Gasteiger partial charge on any atom is -0.464 e. The summed E-state index contributed by atoms with van der Waals surface area (Å²) in [5.41, 5.74) is 3.37. The molecule has 0 radical (unpaired) electrons. The summed E-state index contributed by atoms with van der Waals surface area (Å²) in [5, 5.41) is 12.8. The van der Waals surface area contributed by atoms with Crippen LogP contribution in [0.5, 0.6) is 0 Å². The molecule has 1 aromatic carbocycles. The van der Waals surface area contributed by atoms with Crippen molar-refractivity contribution in [1.82, 2.24) is 10.3 Å². The number of aromatic nitrogens is 1. The molecule has 2 heterocycles. The van der Waals surface area contributed by atoms with Crippen molar-refractivity contribution in [2.45, 2.75) is 39.8 Å². The molecule has 0 saturated heterocycles. The molecule has 29 heavy (non-hydrogen) atoms. The van der Waals surface area contributed by atoms with E-state index in [0.717, 1.165) is 11.3 Å². The van der Waals surface area contributed by atoms with Gasteiger partial charge in [-0.1, -0.05) is 26.0 Å². The molecular weight excluding hydrogens is 371 g/mol. The number of carbonyl (C=O) groups excluding carboxylic acids is 2. The molecular formula is C21H25BN2O5. The van der Waals surface area contributed by atoms with Gasteiger partial charge in [-0.25, -0.2) is 4.79 Å². The second-order valence-corrected chi connectivity index (χ2v) is 7.41. The molecule has 0 bridgehead atoms. The Balaban J connectivity index is 1.65. The molecule has 1 aliphatic rings. The molecule has 2 aromatic rings. The van der Waals surface area contributed by atoms with Crippen molar-refractivity contribution in [1.29, 1.82) is 0 Å². The van der Waals surface area contributed by atoms with E-state index in [0.29, 0.717) is 29.6 Å². The topological polar surface area (TPSA) is 97.8 Å². The van der Waals surface area contributed by atoms with Crippen LogP contribution < -0.4 is 10.8 Å². The number of benzene rings is 1. The van der Waals surface area contributed by atoms with E-state index in [-0.39, 0.29) is 18.4 Å². The summed E-state index contributed by atoms with van der Waals surface area (Å²) in [7, 11) is -1.03. The summed E-state index contributed by atoms with van der Waals surface area (Å²) in [6.07, 6.45) is 2.20. The predicted octanol–water partition coefficient (Wildman–Crippen LogP) is 1.15. The van der Waals surface area contributed by atoms with Crippen LogP contribution in [0.15, 0.2) is 36.5 Å². The van der Waals surface area contributed by atoms with Crippen LogP contribution in [-0.2, 0) is 27.2 Å². The van der Waals surface area contributed by atoms with Crippen molar-refractivity contribution in [3.8, 4) is 0 Å². The number of hydrogen-bond acceptors (Lipinski definition) is 6. The molecule has 2 N–H and O–H groups in total. The number of carbonyl (C=O) groups is 2. The molecule has 0 saturated carbocycles. The van der Waals surface area contributed by atoms with Gasteiger partial charge in [-0.2, -0.15) is 0 Å². The number of ether oxygens (including phenoxy) is 1. The molecule has 3 rings (SSSR count). The Morgan fingerprint density at radius 1 is 1.31 bits per heavy atom. The standard InChI is InChI=1S/C21H25BN2O5/c1-13(2)19(21(26)28-11-9-16-6-4-5-10-23-16)24-20(25)17-8-7-15-12-29-22(27)18(15)14(17)3/h4-8,10,13,19,27H,9,11-12H2,1-3H3,(H,24,25)/t19-/m0/s1. The molecule has 0 aliphatic carbocycles. The Hall–Kier alpha value is -2.71. The highest BCUT2D eigenvalue weighted by molar-refractivity contribution is 6.62. The average molecular weight is 396 g/mol. The summed E-state index contributed by atoms with van der Waals surface area (Å²) >= 11 is 0. The van der Waals surface area contributed by atoms with Gasteiger partial charge in [0.1, 0.15) is 6.04 Å². The van der Waals surface area contributed by atoms with Crippen LogP contribution in [0, 0.1) is 12.8 Å². The van der Waals surface area contributed by atoms with E-state index >= 15 is 0 Å². The van der Waals surface area contributed by atoms with E-state index in [1.165, 1.54) is 0 Å². The Kier molecular flexibility index (Phi) is 6.66. The normalized spacial score (nSPS) is 13.9. The van der Waals surface area contributed by atoms with Crippen molar-refractivity contribution >= 4 is 24.5 Å². The van der Waals surface area contributed by atoms with Crippen LogP contribution in [-0.4, -0.2) is 41.7 Å². The van der Waals surface area contributed by atoms with Gasteiger partial charge in [-0.3, -0.25) is 9.78 Å². The van der Waals surface area contributed by atoms with Crippen molar-refractivity contribution in [3.63, 3.8) is 0 Å². The fraction of sp³-hybridized carbons (Fsp3) is 0.381. The quantitative estimate of drug-likeness (QED) is 0.538. The molecule has 0 unspecified atom stereocenters. The Labute approximate surface area is 170 Å². The largest absolute Gasteiger partial charge is 0.492 e. The maximum Gasteiger partial charge on any atom is 0.492 e. The van der Waals surface area contributed by atoms with E-state index in [1.54, 1.807) is 25.3 Å². The Morgan fingerprint density at radius 3 is 2.79 bits per heavy atom. The molecule has 1 atom stereocenters. The van der Waals surface area contributed by atoms with Crippen molar-refractivity contribution < 1.29 is 24.0 Å². The summed E-state index contributed by atoms with van der Waals surface area (Å²) in [6.45, 7) is 5.96. The lowest BCUT2D eigenvalue weighted by Crippen LogP contribution is -2.46. The molecule has 1 amide bonds. The third kappa shape index (κ3) is 4.83. The fourth-order valence-electron chi connectivity index (χ4n) is 3.36. The molecule has 0 fully saturated rings. The second kappa shape index (κ2) is 9.20. The fourth-order valence-corrected chi connectivity index (χ4v) is 3.36.